The highest BCUT2D eigenvalue weighted by Gasteiger charge is 2.30. The summed E-state index contributed by atoms with van der Waals surface area (Å²) in [6, 6.07) is 6.58. The average molecular weight is 371 g/mol. The number of alkyl halides is 3. The van der Waals surface area contributed by atoms with E-state index in [0.717, 1.165) is 17.7 Å². The third-order valence-electron chi connectivity index (χ3n) is 3.27. The number of hydrogen-bond donors (Lipinski definition) is 1. The topological polar surface area (TPSA) is 56.7 Å². The number of benzene rings is 2. The molecule has 0 saturated heterocycles. The molecule has 1 heterocycles. The van der Waals surface area contributed by atoms with Gasteiger partial charge in [0.25, 0.3) is 0 Å². The zero-order valence-electron chi connectivity index (χ0n) is 11.3. The second-order valence-corrected chi connectivity index (χ2v) is 5.62. The number of hydrogen-bond acceptors (Lipinski definition) is 3. The number of fused-ring (bicyclic) bond motifs is 1. The van der Waals surface area contributed by atoms with Crippen molar-refractivity contribution >= 4 is 32.7 Å². The summed E-state index contributed by atoms with van der Waals surface area (Å²) < 4.78 is 38.9. The molecule has 0 unspecified atom stereocenters. The minimum Gasteiger partial charge on any atom is -0.398 e. The predicted molar refractivity (Wildman–Crippen MR) is 80.7 cm³/mol. The highest BCUT2D eigenvalue weighted by Crippen LogP contribution is 2.32. The van der Waals surface area contributed by atoms with Gasteiger partial charge in [-0.3, -0.25) is 0 Å². The van der Waals surface area contributed by atoms with Crippen molar-refractivity contribution in [2.75, 3.05) is 5.73 Å². The molecule has 0 saturated carbocycles. The molecule has 22 heavy (non-hydrogen) atoms. The lowest BCUT2D eigenvalue weighted by Gasteiger charge is -2.07. The Bertz CT molecular complexity index is 870. The number of nitrogens with two attached hydrogens (primary N) is 1. The fraction of sp³-hybridized carbons (Fsp3) is 0.143. The van der Waals surface area contributed by atoms with Crippen LogP contribution >= 0.6 is 15.9 Å². The van der Waals surface area contributed by atoms with Gasteiger partial charge in [0.1, 0.15) is 11.0 Å². The van der Waals surface area contributed by atoms with E-state index in [1.165, 1.54) is 16.9 Å². The predicted octanol–water partition coefficient (Wildman–Crippen LogP) is 4.09. The van der Waals surface area contributed by atoms with Crippen LogP contribution in [-0.4, -0.2) is 15.0 Å². The summed E-state index contributed by atoms with van der Waals surface area (Å²) in [6.07, 6.45) is -4.41. The molecule has 3 rings (SSSR count). The maximum atomic E-state index is 12.8. The third kappa shape index (κ3) is 2.43. The molecule has 3 aromatic rings. The second-order valence-electron chi connectivity index (χ2n) is 4.83. The van der Waals surface area contributed by atoms with Crippen molar-refractivity contribution in [1.82, 2.24) is 15.0 Å². The van der Waals surface area contributed by atoms with E-state index in [1.807, 2.05) is 6.92 Å². The van der Waals surface area contributed by atoms with Crippen molar-refractivity contribution in [3.63, 3.8) is 0 Å². The molecule has 0 spiro atoms. The molecule has 0 aliphatic carbocycles. The molecule has 0 atom stereocenters. The molecule has 2 N–H and O–H groups in total. The van der Waals surface area contributed by atoms with Crippen LogP contribution in [0.5, 0.6) is 0 Å². The standard InChI is InChI=1S/C14H10BrF3N4/c1-7-5-10-13(11(15)12(7)19)21-22(20-10)9-4-2-3-8(6-9)14(16,17)18/h2-6H,19H2,1H3. The average Bonchev–Trinajstić information content (AvgIpc) is 2.88. The van der Waals surface area contributed by atoms with E-state index in [9.17, 15) is 13.2 Å². The first-order valence-corrected chi connectivity index (χ1v) is 7.06. The molecule has 8 heteroatoms. The Morgan fingerprint density at radius 2 is 1.91 bits per heavy atom. The maximum absolute atomic E-state index is 12.8. The van der Waals surface area contributed by atoms with Gasteiger partial charge >= 0.3 is 6.18 Å². The molecule has 4 nitrogen and oxygen atoms in total. The van der Waals surface area contributed by atoms with E-state index in [4.69, 9.17) is 5.73 Å². The Labute approximate surface area is 131 Å². The molecule has 0 amide bonds. The zero-order valence-corrected chi connectivity index (χ0v) is 12.9. The van der Waals surface area contributed by atoms with Crippen LogP contribution in [0.1, 0.15) is 11.1 Å². The Morgan fingerprint density at radius 1 is 1.18 bits per heavy atom. The smallest absolute Gasteiger partial charge is 0.398 e. The van der Waals surface area contributed by atoms with E-state index in [1.54, 1.807) is 6.07 Å². The van der Waals surface area contributed by atoms with Gasteiger partial charge in [0, 0.05) is 0 Å². The van der Waals surface area contributed by atoms with E-state index in [2.05, 4.69) is 26.1 Å². The maximum Gasteiger partial charge on any atom is 0.416 e. The first-order valence-electron chi connectivity index (χ1n) is 6.26. The molecule has 0 radical (unpaired) electrons. The van der Waals surface area contributed by atoms with Gasteiger partial charge in [-0.15, -0.1) is 10.2 Å². The lowest BCUT2D eigenvalue weighted by atomic mass is 10.2. The summed E-state index contributed by atoms with van der Waals surface area (Å²) in [6.45, 7) is 1.82. The Morgan fingerprint density at radius 3 is 2.59 bits per heavy atom. The molecular weight excluding hydrogens is 361 g/mol. The molecule has 2 aromatic carbocycles. The number of nitrogen functional groups attached to an aromatic ring is 1. The molecule has 0 aliphatic rings. The van der Waals surface area contributed by atoms with E-state index >= 15 is 0 Å². The SMILES string of the molecule is Cc1cc2nn(-c3cccc(C(F)(F)F)c3)nc2c(Br)c1N. The van der Waals surface area contributed by atoms with Crippen LogP contribution in [-0.2, 0) is 6.18 Å². The fourth-order valence-electron chi connectivity index (χ4n) is 2.08. The van der Waals surface area contributed by atoms with Gasteiger partial charge in [-0.2, -0.15) is 18.0 Å². The first kappa shape index (κ1) is 14.8. The van der Waals surface area contributed by atoms with Gasteiger partial charge in [0.15, 0.2) is 0 Å². The van der Waals surface area contributed by atoms with Gasteiger partial charge in [-0.05, 0) is 52.7 Å². The summed E-state index contributed by atoms with van der Waals surface area (Å²) in [5.74, 6) is 0. The summed E-state index contributed by atoms with van der Waals surface area (Å²) in [7, 11) is 0. The zero-order chi connectivity index (χ0) is 16.1. The van der Waals surface area contributed by atoms with Crippen LogP contribution in [0, 0.1) is 6.92 Å². The largest absolute Gasteiger partial charge is 0.416 e. The van der Waals surface area contributed by atoms with E-state index in [-0.39, 0.29) is 5.69 Å². The number of aromatic nitrogens is 3. The minimum atomic E-state index is -4.41. The second kappa shape index (κ2) is 4.98. The van der Waals surface area contributed by atoms with Crippen LogP contribution < -0.4 is 5.73 Å². The van der Waals surface area contributed by atoms with Gasteiger partial charge < -0.3 is 5.73 Å². The Balaban J connectivity index is 2.17. The summed E-state index contributed by atoms with van der Waals surface area (Å²) in [5, 5.41) is 8.44. The summed E-state index contributed by atoms with van der Waals surface area (Å²) in [4.78, 5) is 1.17. The van der Waals surface area contributed by atoms with Crippen molar-refractivity contribution in [3.05, 3.63) is 45.9 Å². The molecular formula is C14H10BrF3N4. The number of aryl methyl sites for hydroxylation is 1. The van der Waals surface area contributed by atoms with E-state index in [0.29, 0.717) is 21.2 Å². The molecule has 1 aromatic heterocycles. The lowest BCUT2D eigenvalue weighted by molar-refractivity contribution is -0.137. The van der Waals surface area contributed by atoms with Crippen LogP contribution in [0.3, 0.4) is 0 Å². The van der Waals surface area contributed by atoms with Gasteiger partial charge in [0.05, 0.1) is 21.4 Å². The van der Waals surface area contributed by atoms with Crippen molar-refractivity contribution in [2.24, 2.45) is 0 Å². The third-order valence-corrected chi connectivity index (χ3v) is 4.07. The van der Waals surface area contributed by atoms with Crippen LogP contribution in [0.4, 0.5) is 18.9 Å². The first-order chi connectivity index (χ1) is 10.3. The number of rotatable bonds is 1. The van der Waals surface area contributed by atoms with Crippen molar-refractivity contribution in [2.45, 2.75) is 13.1 Å². The van der Waals surface area contributed by atoms with Crippen LogP contribution in [0.25, 0.3) is 16.7 Å². The minimum absolute atomic E-state index is 0.231. The summed E-state index contributed by atoms with van der Waals surface area (Å²) >= 11 is 3.34. The highest BCUT2D eigenvalue weighted by atomic mass is 79.9. The number of anilines is 1. The van der Waals surface area contributed by atoms with Gasteiger partial charge in [-0.25, -0.2) is 0 Å². The number of nitrogens with zero attached hydrogens (tertiary/aromatic N) is 3. The number of halogens is 4. The summed E-state index contributed by atoms with van der Waals surface area (Å²) in [5.41, 5.74) is 7.78. The van der Waals surface area contributed by atoms with Crippen molar-refractivity contribution in [1.29, 1.82) is 0 Å². The van der Waals surface area contributed by atoms with Crippen molar-refractivity contribution < 1.29 is 13.2 Å². The van der Waals surface area contributed by atoms with Crippen LogP contribution in [0.2, 0.25) is 0 Å². The Kier molecular flexibility index (Phi) is 3.36. The van der Waals surface area contributed by atoms with Gasteiger partial charge in [0.2, 0.25) is 0 Å². The Hall–Kier alpha value is -2.09. The van der Waals surface area contributed by atoms with Crippen LogP contribution in [0.15, 0.2) is 34.8 Å². The quantitative estimate of drug-likeness (QED) is 0.656. The van der Waals surface area contributed by atoms with Crippen molar-refractivity contribution in [3.8, 4) is 5.69 Å². The molecule has 0 aliphatic heterocycles. The fourth-order valence-corrected chi connectivity index (χ4v) is 2.67. The van der Waals surface area contributed by atoms with Gasteiger partial charge in [-0.1, -0.05) is 6.07 Å². The highest BCUT2D eigenvalue weighted by molar-refractivity contribution is 9.10. The molecule has 0 bridgehead atoms. The normalized spacial score (nSPS) is 12.0. The monoisotopic (exact) mass is 370 g/mol. The molecule has 114 valence electrons. The van der Waals surface area contributed by atoms with E-state index < -0.39 is 11.7 Å². The molecule has 0 fully saturated rings. The lowest BCUT2D eigenvalue weighted by Crippen LogP contribution is -2.07.